The molecule has 17 heavy (non-hydrogen) atoms. The second kappa shape index (κ2) is 3.47. The van der Waals surface area contributed by atoms with Gasteiger partial charge >= 0.3 is 5.97 Å². The number of fused-ring (bicyclic) bond motifs is 2. The van der Waals surface area contributed by atoms with Gasteiger partial charge in [0.05, 0.1) is 0 Å². The highest BCUT2D eigenvalue weighted by Gasteiger charge is 2.49. The molecule has 4 unspecified atom stereocenters. The van der Waals surface area contributed by atoms with Gasteiger partial charge in [-0.05, 0) is 43.1 Å². The van der Waals surface area contributed by atoms with E-state index in [1.54, 1.807) is 0 Å². The van der Waals surface area contributed by atoms with Crippen LogP contribution in [0.15, 0.2) is 23.8 Å². The van der Waals surface area contributed by atoms with Crippen molar-refractivity contribution in [2.24, 2.45) is 17.3 Å². The molecule has 1 saturated heterocycles. The van der Waals surface area contributed by atoms with Crippen molar-refractivity contribution in [3.8, 4) is 0 Å². The Morgan fingerprint density at radius 2 is 2.29 bits per heavy atom. The van der Waals surface area contributed by atoms with E-state index in [9.17, 15) is 4.79 Å². The first-order valence-electron chi connectivity index (χ1n) is 6.63. The van der Waals surface area contributed by atoms with Crippen LogP contribution in [0.5, 0.6) is 0 Å². The fourth-order valence-electron chi connectivity index (χ4n) is 3.80. The van der Waals surface area contributed by atoms with E-state index in [0.29, 0.717) is 11.5 Å². The number of rotatable bonds is 0. The van der Waals surface area contributed by atoms with E-state index in [-0.39, 0.29) is 23.4 Å². The van der Waals surface area contributed by atoms with E-state index in [1.807, 2.05) is 0 Å². The van der Waals surface area contributed by atoms with Gasteiger partial charge in [0.15, 0.2) is 0 Å². The first-order chi connectivity index (χ1) is 8.02. The van der Waals surface area contributed by atoms with Gasteiger partial charge in [-0.2, -0.15) is 0 Å². The molecule has 2 heteroatoms. The van der Waals surface area contributed by atoms with E-state index in [0.717, 1.165) is 6.42 Å². The molecule has 0 aromatic carbocycles. The standard InChI is InChI=1S/C15H20O2/c1-9-5-4-6-11-7-13-12(8-15(9,11)3)10(2)14(16)17-13/h7,9,12-13H,2,4-6,8H2,1,3H3. The van der Waals surface area contributed by atoms with Gasteiger partial charge in [-0.25, -0.2) is 4.79 Å². The van der Waals surface area contributed by atoms with E-state index in [4.69, 9.17) is 4.74 Å². The van der Waals surface area contributed by atoms with Crippen LogP contribution in [0, 0.1) is 17.3 Å². The molecule has 0 amide bonds. The molecule has 0 radical (unpaired) electrons. The Labute approximate surface area is 103 Å². The molecular formula is C15H20O2. The van der Waals surface area contributed by atoms with E-state index >= 15 is 0 Å². The molecule has 2 nitrogen and oxygen atoms in total. The van der Waals surface area contributed by atoms with Crippen LogP contribution in [0.2, 0.25) is 0 Å². The Morgan fingerprint density at radius 3 is 3.06 bits per heavy atom. The maximum atomic E-state index is 11.6. The first-order valence-corrected chi connectivity index (χ1v) is 6.63. The fourth-order valence-corrected chi connectivity index (χ4v) is 3.80. The van der Waals surface area contributed by atoms with Gasteiger partial charge in [-0.3, -0.25) is 0 Å². The van der Waals surface area contributed by atoms with Crippen molar-refractivity contribution in [2.45, 2.75) is 45.6 Å². The zero-order valence-electron chi connectivity index (χ0n) is 10.7. The summed E-state index contributed by atoms with van der Waals surface area (Å²) in [5.41, 5.74) is 2.46. The third-order valence-corrected chi connectivity index (χ3v) is 5.26. The predicted molar refractivity (Wildman–Crippen MR) is 66.3 cm³/mol. The zero-order valence-corrected chi connectivity index (χ0v) is 10.7. The molecule has 1 heterocycles. The highest BCUT2D eigenvalue weighted by Crippen LogP contribution is 2.54. The lowest BCUT2D eigenvalue weighted by Gasteiger charge is -2.47. The summed E-state index contributed by atoms with van der Waals surface area (Å²) < 4.78 is 5.39. The van der Waals surface area contributed by atoms with Crippen molar-refractivity contribution < 1.29 is 9.53 Å². The van der Waals surface area contributed by atoms with Crippen LogP contribution in [0.4, 0.5) is 0 Å². The van der Waals surface area contributed by atoms with Crippen molar-refractivity contribution in [1.82, 2.24) is 0 Å². The summed E-state index contributed by atoms with van der Waals surface area (Å²) in [6.45, 7) is 8.61. The summed E-state index contributed by atoms with van der Waals surface area (Å²) in [6.07, 6.45) is 6.98. The molecule has 4 atom stereocenters. The van der Waals surface area contributed by atoms with Crippen LogP contribution >= 0.6 is 0 Å². The topological polar surface area (TPSA) is 26.3 Å². The first kappa shape index (κ1) is 11.1. The summed E-state index contributed by atoms with van der Waals surface area (Å²) in [6, 6.07) is 0. The maximum Gasteiger partial charge on any atom is 0.334 e. The van der Waals surface area contributed by atoms with E-state index in [1.165, 1.54) is 24.8 Å². The number of allylic oxidation sites excluding steroid dienone is 1. The third-order valence-electron chi connectivity index (χ3n) is 5.26. The number of hydrogen-bond acceptors (Lipinski definition) is 2. The fraction of sp³-hybridized carbons (Fsp3) is 0.667. The van der Waals surface area contributed by atoms with Crippen LogP contribution in [0.3, 0.4) is 0 Å². The monoisotopic (exact) mass is 232 g/mol. The molecule has 1 saturated carbocycles. The number of esters is 1. The molecule has 3 aliphatic rings. The Balaban J connectivity index is 2.00. The molecule has 1 aliphatic heterocycles. The second-order valence-electron chi connectivity index (χ2n) is 6.11. The van der Waals surface area contributed by atoms with Crippen LogP contribution < -0.4 is 0 Å². The average molecular weight is 232 g/mol. The lowest BCUT2D eigenvalue weighted by atomic mass is 9.58. The average Bonchev–Trinajstić information content (AvgIpc) is 2.55. The summed E-state index contributed by atoms with van der Waals surface area (Å²) >= 11 is 0. The van der Waals surface area contributed by atoms with E-state index in [2.05, 4.69) is 26.5 Å². The van der Waals surface area contributed by atoms with Crippen molar-refractivity contribution >= 4 is 5.97 Å². The lowest BCUT2D eigenvalue weighted by molar-refractivity contribution is -0.137. The van der Waals surface area contributed by atoms with Crippen LogP contribution in [-0.2, 0) is 9.53 Å². The molecule has 2 aliphatic carbocycles. The highest BCUT2D eigenvalue weighted by atomic mass is 16.5. The molecular weight excluding hydrogens is 212 g/mol. The van der Waals surface area contributed by atoms with Crippen molar-refractivity contribution in [3.63, 3.8) is 0 Å². The largest absolute Gasteiger partial charge is 0.454 e. The summed E-state index contributed by atoms with van der Waals surface area (Å²) in [4.78, 5) is 11.6. The Morgan fingerprint density at radius 1 is 1.53 bits per heavy atom. The smallest absolute Gasteiger partial charge is 0.334 e. The Bertz CT molecular complexity index is 421. The third kappa shape index (κ3) is 1.42. The molecule has 0 N–H and O–H groups in total. The van der Waals surface area contributed by atoms with Gasteiger partial charge in [0.1, 0.15) is 6.10 Å². The molecule has 0 aromatic rings. The lowest BCUT2D eigenvalue weighted by Crippen LogP contribution is -2.39. The van der Waals surface area contributed by atoms with E-state index < -0.39 is 0 Å². The van der Waals surface area contributed by atoms with Gasteiger partial charge in [0, 0.05) is 11.5 Å². The zero-order chi connectivity index (χ0) is 12.2. The van der Waals surface area contributed by atoms with Crippen LogP contribution in [0.25, 0.3) is 0 Å². The minimum Gasteiger partial charge on any atom is -0.454 e. The second-order valence-corrected chi connectivity index (χ2v) is 6.11. The summed E-state index contributed by atoms with van der Waals surface area (Å²) in [5, 5.41) is 0. The minimum atomic E-state index is -0.188. The van der Waals surface area contributed by atoms with Gasteiger partial charge in [0.25, 0.3) is 0 Å². The molecule has 0 bridgehead atoms. The summed E-state index contributed by atoms with van der Waals surface area (Å²) in [5.74, 6) is 0.732. The number of hydrogen-bond donors (Lipinski definition) is 0. The number of carbonyl (C=O) groups excluding carboxylic acids is 1. The van der Waals surface area contributed by atoms with Crippen molar-refractivity contribution in [1.29, 1.82) is 0 Å². The molecule has 0 spiro atoms. The number of ether oxygens (including phenoxy) is 1. The molecule has 3 rings (SSSR count). The number of carbonyl (C=O) groups is 1. The van der Waals surface area contributed by atoms with Crippen LogP contribution in [-0.4, -0.2) is 12.1 Å². The van der Waals surface area contributed by atoms with Crippen molar-refractivity contribution in [2.75, 3.05) is 0 Å². The quantitative estimate of drug-likeness (QED) is 0.364. The van der Waals surface area contributed by atoms with Gasteiger partial charge in [-0.1, -0.05) is 26.0 Å². The van der Waals surface area contributed by atoms with Gasteiger partial charge in [0.2, 0.25) is 0 Å². The highest BCUT2D eigenvalue weighted by molar-refractivity contribution is 5.91. The predicted octanol–water partition coefficient (Wildman–Crippen LogP) is 3.24. The van der Waals surface area contributed by atoms with Gasteiger partial charge in [-0.15, -0.1) is 0 Å². The molecule has 0 aromatic heterocycles. The Hall–Kier alpha value is -1.05. The summed E-state index contributed by atoms with van der Waals surface area (Å²) in [7, 11) is 0. The molecule has 92 valence electrons. The van der Waals surface area contributed by atoms with Gasteiger partial charge < -0.3 is 4.74 Å². The SMILES string of the molecule is C=C1C(=O)OC2C=C3CCCC(C)C3(C)CC12. The normalized spacial score (nSPS) is 44.8. The minimum absolute atomic E-state index is 0.0247. The van der Waals surface area contributed by atoms with Crippen LogP contribution in [0.1, 0.15) is 39.5 Å². The molecule has 2 fully saturated rings. The van der Waals surface area contributed by atoms with Crippen molar-refractivity contribution in [3.05, 3.63) is 23.8 Å². The Kier molecular flexibility index (Phi) is 2.26. The maximum absolute atomic E-state index is 11.6.